The summed E-state index contributed by atoms with van der Waals surface area (Å²) in [6.07, 6.45) is 4.37. The molecule has 4 heteroatoms. The third-order valence-corrected chi connectivity index (χ3v) is 6.19. The van der Waals surface area contributed by atoms with Crippen molar-refractivity contribution in [1.29, 1.82) is 0 Å². The third-order valence-electron chi connectivity index (χ3n) is 5.17. The van der Waals surface area contributed by atoms with Gasteiger partial charge in [0.05, 0.1) is 12.1 Å². The van der Waals surface area contributed by atoms with Crippen LogP contribution in [-0.4, -0.2) is 23.9 Å². The van der Waals surface area contributed by atoms with Crippen molar-refractivity contribution in [3.63, 3.8) is 0 Å². The average molecular weight is 326 g/mol. The molecule has 2 aliphatic rings. The maximum Gasteiger partial charge on any atom is 0.234 e. The van der Waals surface area contributed by atoms with Crippen LogP contribution in [0.4, 0.5) is 0 Å². The van der Waals surface area contributed by atoms with Crippen LogP contribution in [0.25, 0.3) is 0 Å². The van der Waals surface area contributed by atoms with Crippen LogP contribution in [0, 0.1) is 0 Å². The molecule has 1 N–H and O–H groups in total. The van der Waals surface area contributed by atoms with Crippen LogP contribution in [-0.2, 0) is 23.3 Å². The van der Waals surface area contributed by atoms with Gasteiger partial charge in [-0.25, -0.2) is 0 Å². The summed E-state index contributed by atoms with van der Waals surface area (Å²) in [6.45, 7) is 2.40. The van der Waals surface area contributed by atoms with E-state index in [-0.39, 0.29) is 11.4 Å². The van der Waals surface area contributed by atoms with Crippen molar-refractivity contribution in [2.75, 3.05) is 13.1 Å². The second kappa shape index (κ2) is 6.10. The van der Waals surface area contributed by atoms with Crippen LogP contribution in [0.5, 0.6) is 0 Å². The zero-order chi connectivity index (χ0) is 15.7. The molecule has 1 aromatic carbocycles. The van der Waals surface area contributed by atoms with E-state index in [1.165, 1.54) is 22.4 Å². The molecular formula is C19H22N2OS. The van der Waals surface area contributed by atoms with Gasteiger partial charge >= 0.3 is 0 Å². The molecule has 1 aliphatic carbocycles. The van der Waals surface area contributed by atoms with Crippen molar-refractivity contribution in [3.8, 4) is 0 Å². The number of hydrogen-bond donors (Lipinski definition) is 1. The molecule has 1 aliphatic heterocycles. The lowest BCUT2D eigenvalue weighted by Crippen LogP contribution is -2.53. The van der Waals surface area contributed by atoms with E-state index in [9.17, 15) is 4.79 Å². The van der Waals surface area contributed by atoms with E-state index in [2.05, 4.69) is 45.9 Å². The highest BCUT2D eigenvalue weighted by Crippen LogP contribution is 2.41. The summed E-state index contributed by atoms with van der Waals surface area (Å²) in [5.41, 5.74) is 2.52. The molecular weight excluding hydrogens is 304 g/mol. The molecule has 1 fully saturated rings. The second-order valence-electron chi connectivity index (χ2n) is 6.68. The molecule has 0 bridgehead atoms. The SMILES string of the molecule is O=C(CN1CCc2sccc2C1)NC1(c2ccccc2)CCC1. The molecule has 0 atom stereocenters. The Kier molecular flexibility index (Phi) is 3.95. The minimum absolute atomic E-state index is 0.123. The molecule has 2 heterocycles. The van der Waals surface area contributed by atoms with E-state index in [1.807, 2.05) is 17.4 Å². The lowest BCUT2D eigenvalue weighted by Gasteiger charge is -2.43. The van der Waals surface area contributed by atoms with E-state index in [0.29, 0.717) is 6.54 Å². The second-order valence-corrected chi connectivity index (χ2v) is 7.68. The summed E-state index contributed by atoms with van der Waals surface area (Å²) in [4.78, 5) is 16.3. The van der Waals surface area contributed by atoms with E-state index < -0.39 is 0 Å². The van der Waals surface area contributed by atoms with E-state index >= 15 is 0 Å². The predicted molar refractivity (Wildman–Crippen MR) is 93.4 cm³/mol. The maximum absolute atomic E-state index is 12.6. The van der Waals surface area contributed by atoms with Gasteiger partial charge in [-0.3, -0.25) is 9.69 Å². The first-order valence-corrected chi connectivity index (χ1v) is 9.27. The summed E-state index contributed by atoms with van der Waals surface area (Å²) < 4.78 is 0. The first-order chi connectivity index (χ1) is 11.3. The number of hydrogen-bond acceptors (Lipinski definition) is 3. The van der Waals surface area contributed by atoms with Gasteiger partial charge in [-0.05, 0) is 48.3 Å². The Labute approximate surface area is 141 Å². The fourth-order valence-corrected chi connectivity index (χ4v) is 4.61. The minimum Gasteiger partial charge on any atom is -0.345 e. The number of nitrogens with zero attached hydrogens (tertiary/aromatic N) is 1. The van der Waals surface area contributed by atoms with Gasteiger partial charge in [-0.2, -0.15) is 0 Å². The Morgan fingerprint density at radius 3 is 2.78 bits per heavy atom. The number of thiophene rings is 1. The minimum atomic E-state index is -0.123. The fraction of sp³-hybridized carbons (Fsp3) is 0.421. The summed E-state index contributed by atoms with van der Waals surface area (Å²) in [5, 5.41) is 5.49. The van der Waals surface area contributed by atoms with Crippen LogP contribution in [0.15, 0.2) is 41.8 Å². The van der Waals surface area contributed by atoms with Crippen LogP contribution in [0.2, 0.25) is 0 Å². The van der Waals surface area contributed by atoms with Gasteiger partial charge in [-0.1, -0.05) is 30.3 Å². The Morgan fingerprint density at radius 1 is 1.22 bits per heavy atom. The zero-order valence-corrected chi connectivity index (χ0v) is 14.1. The lowest BCUT2D eigenvalue weighted by atomic mass is 9.72. The van der Waals surface area contributed by atoms with Crippen LogP contribution in [0.1, 0.15) is 35.3 Å². The highest BCUT2D eigenvalue weighted by Gasteiger charge is 2.40. The summed E-state index contributed by atoms with van der Waals surface area (Å²) in [7, 11) is 0. The van der Waals surface area contributed by atoms with E-state index in [1.54, 1.807) is 0 Å². The molecule has 0 unspecified atom stereocenters. The first-order valence-electron chi connectivity index (χ1n) is 8.39. The molecule has 3 nitrogen and oxygen atoms in total. The van der Waals surface area contributed by atoms with Gasteiger partial charge in [0.2, 0.25) is 5.91 Å². The smallest absolute Gasteiger partial charge is 0.234 e. The van der Waals surface area contributed by atoms with Gasteiger partial charge in [0, 0.05) is 18.0 Å². The molecule has 0 spiro atoms. The maximum atomic E-state index is 12.6. The number of rotatable bonds is 4. The topological polar surface area (TPSA) is 32.3 Å². The number of amides is 1. The highest BCUT2D eigenvalue weighted by atomic mass is 32.1. The molecule has 1 amide bonds. The third kappa shape index (κ3) is 2.93. The van der Waals surface area contributed by atoms with Crippen molar-refractivity contribution in [2.45, 2.75) is 37.8 Å². The van der Waals surface area contributed by atoms with Crippen LogP contribution >= 0.6 is 11.3 Å². The summed E-state index contributed by atoms with van der Waals surface area (Å²) >= 11 is 1.84. The molecule has 23 heavy (non-hydrogen) atoms. The van der Waals surface area contributed by atoms with Gasteiger partial charge in [0.15, 0.2) is 0 Å². The van der Waals surface area contributed by atoms with Gasteiger partial charge < -0.3 is 5.32 Å². The fourth-order valence-electron chi connectivity index (χ4n) is 3.72. The van der Waals surface area contributed by atoms with Crippen molar-refractivity contribution >= 4 is 17.2 Å². The Bertz CT molecular complexity index is 690. The quantitative estimate of drug-likeness (QED) is 0.935. The van der Waals surface area contributed by atoms with E-state index in [4.69, 9.17) is 0 Å². The van der Waals surface area contributed by atoms with Crippen molar-refractivity contribution in [3.05, 3.63) is 57.8 Å². The summed E-state index contributed by atoms with van der Waals surface area (Å²) in [5.74, 6) is 0.159. The Hall–Kier alpha value is -1.65. The van der Waals surface area contributed by atoms with E-state index in [0.717, 1.165) is 32.4 Å². The largest absolute Gasteiger partial charge is 0.345 e. The molecule has 4 rings (SSSR count). The highest BCUT2D eigenvalue weighted by molar-refractivity contribution is 7.10. The summed E-state index contributed by atoms with van der Waals surface area (Å²) in [6, 6.07) is 12.6. The lowest BCUT2D eigenvalue weighted by molar-refractivity contribution is -0.125. The molecule has 2 aromatic rings. The monoisotopic (exact) mass is 326 g/mol. The molecule has 120 valence electrons. The number of carbonyl (C=O) groups is 1. The van der Waals surface area contributed by atoms with Gasteiger partial charge in [0.1, 0.15) is 0 Å². The van der Waals surface area contributed by atoms with Crippen LogP contribution in [0.3, 0.4) is 0 Å². The predicted octanol–water partition coefficient (Wildman–Crippen LogP) is 3.30. The number of nitrogens with one attached hydrogen (secondary N) is 1. The Morgan fingerprint density at radius 2 is 2.04 bits per heavy atom. The normalized spacial score (nSPS) is 19.7. The number of fused-ring (bicyclic) bond motifs is 1. The van der Waals surface area contributed by atoms with Gasteiger partial charge in [-0.15, -0.1) is 11.3 Å². The zero-order valence-electron chi connectivity index (χ0n) is 13.3. The average Bonchev–Trinajstić information content (AvgIpc) is 2.99. The standard InChI is InChI=1S/C19H22N2OS/c22-18(14-21-11-7-17-15(13-21)8-12-23-17)20-19(9-4-10-19)16-5-2-1-3-6-16/h1-3,5-6,8,12H,4,7,9-11,13-14H2,(H,20,22). The van der Waals surface area contributed by atoms with Crippen LogP contribution < -0.4 is 5.32 Å². The van der Waals surface area contributed by atoms with Crippen molar-refractivity contribution in [1.82, 2.24) is 10.2 Å². The molecule has 0 radical (unpaired) electrons. The van der Waals surface area contributed by atoms with Crippen molar-refractivity contribution in [2.24, 2.45) is 0 Å². The number of benzene rings is 1. The molecule has 1 saturated carbocycles. The van der Waals surface area contributed by atoms with Gasteiger partial charge in [0.25, 0.3) is 0 Å². The van der Waals surface area contributed by atoms with Crippen molar-refractivity contribution < 1.29 is 4.79 Å². The first kappa shape index (κ1) is 14.9. The molecule has 1 aromatic heterocycles. The molecule has 0 saturated heterocycles. The number of carbonyl (C=O) groups excluding carboxylic acids is 1. The Balaban J connectivity index is 1.40.